The van der Waals surface area contributed by atoms with E-state index in [-0.39, 0.29) is 11.5 Å². The molecule has 108 valence electrons. The number of benzene rings is 1. The van der Waals surface area contributed by atoms with Crippen molar-refractivity contribution in [1.82, 2.24) is 9.55 Å². The summed E-state index contributed by atoms with van der Waals surface area (Å²) in [6.07, 6.45) is 5.74. The zero-order valence-corrected chi connectivity index (χ0v) is 12.8. The molecule has 3 heteroatoms. The second-order valence-corrected chi connectivity index (χ2v) is 5.25. The molecule has 0 radical (unpaired) electrons. The third-order valence-corrected chi connectivity index (χ3v) is 3.45. The van der Waals surface area contributed by atoms with E-state index in [0.29, 0.717) is 24.2 Å². The smallest absolute Gasteiger partial charge is 0.258 e. The van der Waals surface area contributed by atoms with E-state index >= 15 is 0 Å². The molecule has 0 bridgehead atoms. The van der Waals surface area contributed by atoms with Gasteiger partial charge in [-0.2, -0.15) is 0 Å². The first-order chi connectivity index (χ1) is 10.1. The van der Waals surface area contributed by atoms with Crippen molar-refractivity contribution in [2.75, 3.05) is 0 Å². The molecule has 0 spiro atoms. The van der Waals surface area contributed by atoms with E-state index in [4.69, 9.17) is 11.4 Å². The van der Waals surface area contributed by atoms with Gasteiger partial charge in [0.05, 0.1) is 11.3 Å². The molecule has 0 atom stereocenters. The zero-order valence-electron chi connectivity index (χ0n) is 12.8. The summed E-state index contributed by atoms with van der Waals surface area (Å²) in [6.45, 7) is 6.65. The number of rotatable bonds is 4. The van der Waals surface area contributed by atoms with Gasteiger partial charge < -0.3 is 0 Å². The van der Waals surface area contributed by atoms with E-state index in [0.717, 1.165) is 11.4 Å². The van der Waals surface area contributed by atoms with Gasteiger partial charge in [-0.1, -0.05) is 44.2 Å². The molecule has 3 nitrogen and oxygen atoms in total. The van der Waals surface area contributed by atoms with Crippen LogP contribution in [-0.2, 0) is 13.0 Å². The van der Waals surface area contributed by atoms with Crippen LogP contribution in [0.3, 0.4) is 0 Å². The van der Waals surface area contributed by atoms with Crippen LogP contribution in [0.1, 0.15) is 38.1 Å². The summed E-state index contributed by atoms with van der Waals surface area (Å²) in [5.74, 6) is 3.57. The molecule has 0 aliphatic rings. The van der Waals surface area contributed by atoms with Crippen LogP contribution in [0.15, 0.2) is 35.1 Å². The monoisotopic (exact) mass is 280 g/mol. The predicted octanol–water partition coefficient (Wildman–Crippen LogP) is 3.23. The van der Waals surface area contributed by atoms with E-state index in [2.05, 4.69) is 5.92 Å². The van der Waals surface area contributed by atoms with Crippen molar-refractivity contribution in [2.24, 2.45) is 0 Å². The minimum absolute atomic E-state index is 0.0204. The average molecular weight is 280 g/mol. The average Bonchev–Trinajstić information content (AvgIpc) is 2.49. The Morgan fingerprint density at radius 2 is 1.95 bits per heavy atom. The molecule has 0 saturated heterocycles. The highest BCUT2D eigenvalue weighted by Gasteiger charge is 2.18. The van der Waals surface area contributed by atoms with Crippen molar-refractivity contribution in [3.05, 3.63) is 52.1 Å². The molecule has 21 heavy (non-hydrogen) atoms. The van der Waals surface area contributed by atoms with E-state index in [1.54, 1.807) is 4.57 Å². The summed E-state index contributed by atoms with van der Waals surface area (Å²) in [7, 11) is 0. The summed E-state index contributed by atoms with van der Waals surface area (Å²) in [6, 6.07) is 9.75. The Kier molecular flexibility index (Phi) is 4.59. The second-order valence-electron chi connectivity index (χ2n) is 5.25. The molecule has 1 heterocycles. The van der Waals surface area contributed by atoms with Crippen LogP contribution in [-0.4, -0.2) is 9.55 Å². The molecular weight excluding hydrogens is 260 g/mol. The van der Waals surface area contributed by atoms with Crippen molar-refractivity contribution in [3.8, 4) is 23.6 Å². The van der Waals surface area contributed by atoms with E-state index in [1.807, 2.05) is 51.1 Å². The number of hydrogen-bond donors (Lipinski definition) is 0. The highest BCUT2D eigenvalue weighted by atomic mass is 16.1. The van der Waals surface area contributed by atoms with E-state index in [9.17, 15) is 4.79 Å². The number of aromatic nitrogens is 2. The van der Waals surface area contributed by atoms with E-state index in [1.165, 1.54) is 0 Å². The van der Waals surface area contributed by atoms with Gasteiger partial charge in [0, 0.05) is 24.4 Å². The third kappa shape index (κ3) is 2.90. The molecule has 0 aliphatic heterocycles. The van der Waals surface area contributed by atoms with Crippen LogP contribution in [0.2, 0.25) is 0 Å². The number of hydrogen-bond acceptors (Lipinski definition) is 2. The summed E-state index contributed by atoms with van der Waals surface area (Å²) in [5, 5.41) is 0. The fraction of sp³-hybridized carbons (Fsp3) is 0.333. The summed E-state index contributed by atoms with van der Waals surface area (Å²) >= 11 is 0. The van der Waals surface area contributed by atoms with Crippen LogP contribution in [0, 0.1) is 12.3 Å². The maximum atomic E-state index is 12.7. The molecule has 2 aromatic rings. The molecule has 0 unspecified atom stereocenters. The molecular formula is C18H20N2O. The third-order valence-electron chi connectivity index (χ3n) is 3.45. The molecule has 0 aliphatic carbocycles. The lowest BCUT2D eigenvalue weighted by atomic mass is 10.0. The lowest BCUT2D eigenvalue weighted by molar-refractivity contribution is 0.604. The minimum Gasteiger partial charge on any atom is -0.296 e. The normalized spacial score (nSPS) is 10.6. The fourth-order valence-corrected chi connectivity index (χ4v) is 2.45. The van der Waals surface area contributed by atoms with E-state index < -0.39 is 0 Å². The van der Waals surface area contributed by atoms with Crippen LogP contribution < -0.4 is 5.56 Å². The Balaban J connectivity index is 2.80. The molecule has 1 aromatic heterocycles. The first-order valence-electron chi connectivity index (χ1n) is 7.22. The maximum Gasteiger partial charge on any atom is 0.258 e. The van der Waals surface area contributed by atoms with Crippen molar-refractivity contribution in [3.63, 3.8) is 0 Å². The lowest BCUT2D eigenvalue weighted by Crippen LogP contribution is -2.29. The second kappa shape index (κ2) is 6.41. The van der Waals surface area contributed by atoms with Gasteiger partial charge in [-0.25, -0.2) is 4.98 Å². The largest absolute Gasteiger partial charge is 0.296 e. The Hall–Kier alpha value is -2.34. The maximum absolute atomic E-state index is 12.7. The first-order valence-corrected chi connectivity index (χ1v) is 7.22. The molecule has 0 amide bonds. The molecule has 2 rings (SSSR count). The van der Waals surface area contributed by atoms with Gasteiger partial charge in [0.2, 0.25) is 0 Å². The van der Waals surface area contributed by atoms with Crippen LogP contribution in [0.25, 0.3) is 11.3 Å². The van der Waals surface area contributed by atoms with Gasteiger partial charge in [-0.15, -0.1) is 12.3 Å². The predicted molar refractivity (Wildman–Crippen MR) is 86.2 cm³/mol. The van der Waals surface area contributed by atoms with Crippen LogP contribution in [0.4, 0.5) is 0 Å². The molecule has 1 aromatic carbocycles. The van der Waals surface area contributed by atoms with Gasteiger partial charge in [0.25, 0.3) is 5.56 Å². The Labute approximate surface area is 125 Å². The van der Waals surface area contributed by atoms with Crippen molar-refractivity contribution in [1.29, 1.82) is 0 Å². The first kappa shape index (κ1) is 15.1. The highest BCUT2D eigenvalue weighted by Crippen LogP contribution is 2.22. The van der Waals surface area contributed by atoms with Crippen LogP contribution >= 0.6 is 0 Å². The summed E-state index contributed by atoms with van der Waals surface area (Å²) in [5.41, 5.74) is 2.24. The van der Waals surface area contributed by atoms with Crippen molar-refractivity contribution in [2.45, 2.75) is 39.7 Å². The molecule has 0 N–H and O–H groups in total. The highest BCUT2D eigenvalue weighted by molar-refractivity contribution is 5.63. The zero-order chi connectivity index (χ0) is 15.4. The SMILES string of the molecule is C#CCc1c(-c2ccccc2)nc(C(C)C)n(CC)c1=O. The summed E-state index contributed by atoms with van der Waals surface area (Å²) < 4.78 is 1.73. The van der Waals surface area contributed by atoms with Crippen LogP contribution in [0.5, 0.6) is 0 Å². The number of nitrogens with zero attached hydrogens (tertiary/aromatic N) is 2. The minimum atomic E-state index is -0.0204. The lowest BCUT2D eigenvalue weighted by Gasteiger charge is -2.17. The topological polar surface area (TPSA) is 34.9 Å². The summed E-state index contributed by atoms with van der Waals surface area (Å²) in [4.78, 5) is 17.5. The Morgan fingerprint density at radius 3 is 2.48 bits per heavy atom. The van der Waals surface area contributed by atoms with Crippen molar-refractivity contribution >= 4 is 0 Å². The Bertz CT molecular complexity index is 721. The van der Waals surface area contributed by atoms with Gasteiger partial charge in [-0.05, 0) is 6.92 Å². The molecule has 0 fully saturated rings. The standard InChI is InChI=1S/C18H20N2O/c1-5-10-15-16(14-11-8-7-9-12-14)19-17(13(3)4)20(6-2)18(15)21/h1,7-9,11-13H,6,10H2,2-4H3. The van der Waals surface area contributed by atoms with Gasteiger partial charge in [0.15, 0.2) is 0 Å². The Morgan fingerprint density at radius 1 is 1.29 bits per heavy atom. The van der Waals surface area contributed by atoms with Gasteiger partial charge in [0.1, 0.15) is 5.82 Å². The quantitative estimate of drug-likeness (QED) is 0.806. The molecule has 0 saturated carbocycles. The van der Waals surface area contributed by atoms with Crippen molar-refractivity contribution < 1.29 is 0 Å². The van der Waals surface area contributed by atoms with Gasteiger partial charge >= 0.3 is 0 Å². The fourth-order valence-electron chi connectivity index (χ4n) is 2.45. The van der Waals surface area contributed by atoms with Gasteiger partial charge in [-0.3, -0.25) is 9.36 Å². The number of terminal acetylenes is 1.